The molecule has 0 bridgehead atoms. The molecule has 4 aromatic rings. The van der Waals surface area contributed by atoms with E-state index >= 15 is 0 Å². The lowest BCUT2D eigenvalue weighted by atomic mass is 10.2. The average molecular weight is 418 g/mol. The molecule has 0 spiro atoms. The van der Waals surface area contributed by atoms with E-state index in [1.54, 1.807) is 0 Å². The first-order valence-electron chi connectivity index (χ1n) is 6.74. The maximum Gasteiger partial charge on any atom is 0.134 e. The van der Waals surface area contributed by atoms with Crippen LogP contribution in [-0.4, -0.2) is 0 Å². The summed E-state index contributed by atoms with van der Waals surface area (Å²) in [5.74, 6) is 1.60. The normalized spacial score (nSPS) is 11.9. The average Bonchev–Trinajstić information content (AvgIpc) is 3.07. The van der Waals surface area contributed by atoms with E-state index in [0.29, 0.717) is 0 Å². The third-order valence-corrected chi connectivity index (χ3v) is 4.39. The molecule has 0 N–H and O–H groups in total. The zero-order valence-electron chi connectivity index (χ0n) is 11.3. The molecule has 2 aromatic carbocycles. The van der Waals surface area contributed by atoms with Crippen molar-refractivity contribution in [1.82, 2.24) is 0 Å². The zero-order valence-corrected chi connectivity index (χ0v) is 14.5. The summed E-state index contributed by atoms with van der Waals surface area (Å²) in [5, 5.41) is 2.14. The van der Waals surface area contributed by atoms with Gasteiger partial charge in [0.05, 0.1) is 0 Å². The van der Waals surface area contributed by atoms with Crippen molar-refractivity contribution < 1.29 is 8.83 Å². The first kappa shape index (κ1) is 13.9. The van der Waals surface area contributed by atoms with E-state index in [0.717, 1.165) is 42.4 Å². The van der Waals surface area contributed by atoms with Crippen molar-refractivity contribution in [3.63, 3.8) is 0 Å². The molecule has 22 heavy (non-hydrogen) atoms. The Labute approximate surface area is 143 Å². The quantitative estimate of drug-likeness (QED) is 0.355. The van der Waals surface area contributed by atoms with Gasteiger partial charge in [-0.15, -0.1) is 0 Å². The van der Waals surface area contributed by atoms with Crippen LogP contribution in [0.15, 0.2) is 66.3 Å². The standard InChI is InChI=1S/C18H10Br2O2/c19-13-1-5-17-11(7-13)9-15(21-17)3-4-16-10-12-8-14(20)2-6-18(12)22-16/h1-10H. The number of hydrogen-bond donors (Lipinski definition) is 0. The first-order valence-corrected chi connectivity index (χ1v) is 8.32. The van der Waals surface area contributed by atoms with Crippen LogP contribution in [0.2, 0.25) is 0 Å². The topological polar surface area (TPSA) is 26.3 Å². The van der Waals surface area contributed by atoms with Gasteiger partial charge in [0.2, 0.25) is 0 Å². The molecule has 0 saturated carbocycles. The van der Waals surface area contributed by atoms with Gasteiger partial charge >= 0.3 is 0 Å². The summed E-state index contributed by atoms with van der Waals surface area (Å²) in [6.07, 6.45) is 3.83. The van der Waals surface area contributed by atoms with Gasteiger partial charge < -0.3 is 8.83 Å². The van der Waals surface area contributed by atoms with Gasteiger partial charge in [0.15, 0.2) is 0 Å². The van der Waals surface area contributed by atoms with E-state index in [1.807, 2.05) is 60.7 Å². The Balaban J connectivity index is 1.68. The molecule has 0 fully saturated rings. The molecule has 2 heterocycles. The van der Waals surface area contributed by atoms with Crippen molar-refractivity contribution in [2.75, 3.05) is 0 Å². The van der Waals surface area contributed by atoms with Crippen LogP contribution in [0.4, 0.5) is 0 Å². The Hall–Kier alpha value is -1.78. The summed E-state index contributed by atoms with van der Waals surface area (Å²) in [7, 11) is 0. The number of halogens is 2. The number of hydrogen-bond acceptors (Lipinski definition) is 2. The third-order valence-electron chi connectivity index (χ3n) is 3.41. The predicted molar refractivity (Wildman–Crippen MR) is 96.8 cm³/mol. The second-order valence-corrected chi connectivity index (χ2v) is 6.83. The second kappa shape index (κ2) is 5.45. The van der Waals surface area contributed by atoms with E-state index in [1.165, 1.54) is 0 Å². The van der Waals surface area contributed by atoms with Crippen LogP contribution < -0.4 is 0 Å². The Bertz CT molecular complexity index is 926. The van der Waals surface area contributed by atoms with Crippen LogP contribution in [0.25, 0.3) is 34.1 Å². The molecule has 0 aliphatic rings. The molecule has 0 aliphatic carbocycles. The molecule has 0 atom stereocenters. The van der Waals surface area contributed by atoms with E-state index < -0.39 is 0 Å². The van der Waals surface area contributed by atoms with E-state index in [2.05, 4.69) is 31.9 Å². The fourth-order valence-corrected chi connectivity index (χ4v) is 3.16. The zero-order chi connectivity index (χ0) is 15.1. The molecular formula is C18H10Br2O2. The Kier molecular flexibility index (Phi) is 3.43. The lowest BCUT2D eigenvalue weighted by molar-refractivity contribution is 0.599. The van der Waals surface area contributed by atoms with Gasteiger partial charge in [-0.2, -0.15) is 0 Å². The number of fused-ring (bicyclic) bond motifs is 2. The van der Waals surface area contributed by atoms with Crippen molar-refractivity contribution >= 4 is 66.0 Å². The fourth-order valence-electron chi connectivity index (χ4n) is 2.40. The maximum absolute atomic E-state index is 5.78. The van der Waals surface area contributed by atoms with Crippen LogP contribution >= 0.6 is 31.9 Å². The predicted octanol–water partition coefficient (Wildman–Crippen LogP) is 6.87. The summed E-state index contributed by atoms with van der Waals surface area (Å²) < 4.78 is 13.6. The minimum Gasteiger partial charge on any atom is -0.457 e. The van der Waals surface area contributed by atoms with Crippen molar-refractivity contribution in [2.45, 2.75) is 0 Å². The molecule has 4 rings (SSSR count). The summed E-state index contributed by atoms with van der Waals surface area (Å²) in [6, 6.07) is 15.9. The lowest BCUT2D eigenvalue weighted by Gasteiger charge is -1.88. The highest BCUT2D eigenvalue weighted by Gasteiger charge is 2.04. The van der Waals surface area contributed by atoms with Crippen LogP contribution in [0, 0.1) is 0 Å². The van der Waals surface area contributed by atoms with Gasteiger partial charge in [-0.25, -0.2) is 0 Å². The molecular weight excluding hydrogens is 408 g/mol. The van der Waals surface area contributed by atoms with Crippen LogP contribution in [0.5, 0.6) is 0 Å². The van der Waals surface area contributed by atoms with Gasteiger partial charge in [-0.3, -0.25) is 0 Å². The van der Waals surface area contributed by atoms with Crippen molar-refractivity contribution in [3.8, 4) is 0 Å². The molecule has 0 saturated heterocycles. The van der Waals surface area contributed by atoms with Gasteiger partial charge in [-0.1, -0.05) is 31.9 Å². The van der Waals surface area contributed by atoms with Gasteiger partial charge in [0.25, 0.3) is 0 Å². The molecule has 2 nitrogen and oxygen atoms in total. The summed E-state index contributed by atoms with van der Waals surface area (Å²) in [5.41, 5.74) is 1.74. The summed E-state index contributed by atoms with van der Waals surface area (Å²) in [4.78, 5) is 0. The van der Waals surface area contributed by atoms with Gasteiger partial charge in [-0.05, 0) is 60.7 Å². The Morgan fingerprint density at radius 1 is 0.636 bits per heavy atom. The molecule has 0 unspecified atom stereocenters. The summed E-state index contributed by atoms with van der Waals surface area (Å²) >= 11 is 6.93. The molecule has 108 valence electrons. The molecule has 0 radical (unpaired) electrons. The van der Waals surface area contributed by atoms with Crippen LogP contribution in [0.1, 0.15) is 11.5 Å². The smallest absolute Gasteiger partial charge is 0.134 e. The summed E-state index contributed by atoms with van der Waals surface area (Å²) in [6.45, 7) is 0. The van der Waals surface area contributed by atoms with E-state index in [9.17, 15) is 0 Å². The van der Waals surface area contributed by atoms with Gasteiger partial charge in [0.1, 0.15) is 22.7 Å². The molecule has 0 aliphatic heterocycles. The van der Waals surface area contributed by atoms with Crippen LogP contribution in [0.3, 0.4) is 0 Å². The van der Waals surface area contributed by atoms with E-state index in [-0.39, 0.29) is 0 Å². The number of furan rings is 2. The number of rotatable bonds is 2. The highest BCUT2D eigenvalue weighted by atomic mass is 79.9. The Morgan fingerprint density at radius 2 is 1.09 bits per heavy atom. The number of benzene rings is 2. The van der Waals surface area contributed by atoms with Crippen LogP contribution in [-0.2, 0) is 0 Å². The SMILES string of the molecule is Brc1ccc2oc(C=Cc3cc4cc(Br)ccc4o3)cc2c1. The third kappa shape index (κ3) is 2.64. The molecule has 0 amide bonds. The maximum atomic E-state index is 5.78. The second-order valence-electron chi connectivity index (χ2n) is 5.00. The Morgan fingerprint density at radius 3 is 1.55 bits per heavy atom. The first-order chi connectivity index (χ1) is 10.7. The largest absolute Gasteiger partial charge is 0.457 e. The van der Waals surface area contributed by atoms with Crippen molar-refractivity contribution in [3.05, 3.63) is 69.0 Å². The highest BCUT2D eigenvalue weighted by molar-refractivity contribution is 9.10. The highest BCUT2D eigenvalue weighted by Crippen LogP contribution is 2.26. The minimum absolute atomic E-state index is 0.801. The van der Waals surface area contributed by atoms with Gasteiger partial charge in [0, 0.05) is 19.7 Å². The van der Waals surface area contributed by atoms with Crippen molar-refractivity contribution in [2.24, 2.45) is 0 Å². The fraction of sp³-hybridized carbons (Fsp3) is 0. The monoisotopic (exact) mass is 416 g/mol. The molecule has 2 aromatic heterocycles. The molecule has 4 heteroatoms. The lowest BCUT2D eigenvalue weighted by Crippen LogP contribution is -1.62. The van der Waals surface area contributed by atoms with Crippen molar-refractivity contribution in [1.29, 1.82) is 0 Å². The minimum atomic E-state index is 0.801. The van der Waals surface area contributed by atoms with E-state index in [4.69, 9.17) is 8.83 Å².